The van der Waals surface area contributed by atoms with Gasteiger partial charge in [-0.2, -0.15) is 0 Å². The second kappa shape index (κ2) is 9.19. The fourth-order valence-corrected chi connectivity index (χ4v) is 3.05. The van der Waals surface area contributed by atoms with E-state index in [1.54, 1.807) is 36.4 Å². The Hall–Kier alpha value is -2.86. The lowest BCUT2D eigenvalue weighted by Crippen LogP contribution is -2.30. The standard InChI is InChI=1S/C21H25N3O3/c1-2-27-19-11-9-18(10-12-19)23-21(26)16-5-7-17(8-6-16)22-20(25)15-24-13-3-4-14-24/h5-12H,2-4,13-15H2,1H3,(H,22,25)(H,23,26). The van der Waals surface area contributed by atoms with Crippen molar-refractivity contribution in [2.75, 3.05) is 36.9 Å². The number of ether oxygens (including phenoxy) is 1. The number of nitrogens with zero attached hydrogens (tertiary/aromatic N) is 1. The van der Waals surface area contributed by atoms with Crippen LogP contribution in [0.2, 0.25) is 0 Å². The molecule has 0 unspecified atom stereocenters. The van der Waals surface area contributed by atoms with Gasteiger partial charge in [0.2, 0.25) is 5.91 Å². The second-order valence-corrected chi connectivity index (χ2v) is 6.52. The fraction of sp³-hybridized carbons (Fsp3) is 0.333. The molecule has 27 heavy (non-hydrogen) atoms. The maximum absolute atomic E-state index is 12.4. The lowest BCUT2D eigenvalue weighted by atomic mass is 10.2. The first-order valence-electron chi connectivity index (χ1n) is 9.30. The first-order valence-corrected chi connectivity index (χ1v) is 9.30. The van der Waals surface area contributed by atoms with E-state index in [0.29, 0.717) is 30.1 Å². The van der Waals surface area contributed by atoms with Crippen molar-refractivity contribution < 1.29 is 14.3 Å². The summed E-state index contributed by atoms with van der Waals surface area (Å²) in [6, 6.07) is 14.1. The minimum absolute atomic E-state index is 0.0245. The van der Waals surface area contributed by atoms with Crippen LogP contribution in [0.1, 0.15) is 30.1 Å². The van der Waals surface area contributed by atoms with Crippen LogP contribution in [0.4, 0.5) is 11.4 Å². The highest BCUT2D eigenvalue weighted by Crippen LogP contribution is 2.17. The van der Waals surface area contributed by atoms with Crippen LogP contribution < -0.4 is 15.4 Å². The zero-order valence-corrected chi connectivity index (χ0v) is 15.5. The predicted molar refractivity (Wildman–Crippen MR) is 106 cm³/mol. The molecule has 0 saturated carbocycles. The zero-order chi connectivity index (χ0) is 19.1. The van der Waals surface area contributed by atoms with Crippen LogP contribution >= 0.6 is 0 Å². The van der Waals surface area contributed by atoms with E-state index in [1.807, 2.05) is 19.1 Å². The summed E-state index contributed by atoms with van der Waals surface area (Å²) >= 11 is 0. The maximum Gasteiger partial charge on any atom is 0.255 e. The number of rotatable bonds is 7. The third-order valence-corrected chi connectivity index (χ3v) is 4.42. The van der Waals surface area contributed by atoms with Crippen LogP contribution in [0.15, 0.2) is 48.5 Å². The van der Waals surface area contributed by atoms with Gasteiger partial charge >= 0.3 is 0 Å². The fourth-order valence-electron chi connectivity index (χ4n) is 3.05. The van der Waals surface area contributed by atoms with E-state index in [4.69, 9.17) is 4.74 Å². The lowest BCUT2D eigenvalue weighted by Gasteiger charge is -2.14. The molecule has 3 rings (SSSR count). The number of carbonyl (C=O) groups excluding carboxylic acids is 2. The molecular formula is C21H25N3O3. The number of amides is 2. The summed E-state index contributed by atoms with van der Waals surface area (Å²) in [7, 11) is 0. The molecular weight excluding hydrogens is 342 g/mol. The van der Waals surface area contributed by atoms with E-state index in [2.05, 4.69) is 15.5 Å². The van der Waals surface area contributed by atoms with E-state index in [-0.39, 0.29) is 11.8 Å². The van der Waals surface area contributed by atoms with Crippen LogP contribution in [0, 0.1) is 0 Å². The molecule has 6 heteroatoms. The molecule has 1 saturated heterocycles. The summed E-state index contributed by atoms with van der Waals surface area (Å²) in [4.78, 5) is 26.6. The van der Waals surface area contributed by atoms with Gasteiger partial charge in [0.25, 0.3) is 5.91 Å². The maximum atomic E-state index is 12.4. The summed E-state index contributed by atoms with van der Waals surface area (Å²) in [6.07, 6.45) is 2.32. The van der Waals surface area contributed by atoms with Crippen LogP contribution in [0.5, 0.6) is 5.75 Å². The van der Waals surface area contributed by atoms with Crippen molar-refractivity contribution in [1.82, 2.24) is 4.90 Å². The molecule has 1 aliphatic rings. The molecule has 0 aliphatic carbocycles. The molecule has 2 N–H and O–H groups in total. The molecule has 0 spiro atoms. The van der Waals surface area contributed by atoms with E-state index < -0.39 is 0 Å². The van der Waals surface area contributed by atoms with Crippen molar-refractivity contribution in [2.24, 2.45) is 0 Å². The van der Waals surface area contributed by atoms with Gasteiger partial charge in [-0.1, -0.05) is 0 Å². The monoisotopic (exact) mass is 367 g/mol. The average molecular weight is 367 g/mol. The molecule has 0 radical (unpaired) electrons. The van der Waals surface area contributed by atoms with E-state index in [9.17, 15) is 9.59 Å². The summed E-state index contributed by atoms with van der Waals surface area (Å²) < 4.78 is 5.39. The van der Waals surface area contributed by atoms with Crippen molar-refractivity contribution in [1.29, 1.82) is 0 Å². The molecule has 1 fully saturated rings. The number of hydrogen-bond acceptors (Lipinski definition) is 4. The number of benzene rings is 2. The number of hydrogen-bond donors (Lipinski definition) is 2. The molecule has 1 aliphatic heterocycles. The Labute approximate surface area is 159 Å². The van der Waals surface area contributed by atoms with Gasteiger partial charge < -0.3 is 15.4 Å². The lowest BCUT2D eigenvalue weighted by molar-refractivity contribution is -0.117. The third kappa shape index (κ3) is 5.56. The molecule has 142 valence electrons. The van der Waals surface area contributed by atoms with Crippen molar-refractivity contribution in [3.63, 3.8) is 0 Å². The van der Waals surface area contributed by atoms with Gasteiger partial charge in [-0.3, -0.25) is 14.5 Å². The van der Waals surface area contributed by atoms with Crippen LogP contribution in [-0.2, 0) is 4.79 Å². The molecule has 2 amide bonds. The third-order valence-electron chi connectivity index (χ3n) is 4.42. The number of carbonyl (C=O) groups is 2. The van der Waals surface area contributed by atoms with Gasteiger partial charge in [0.15, 0.2) is 0 Å². The summed E-state index contributed by atoms with van der Waals surface area (Å²) in [5, 5.41) is 5.72. The van der Waals surface area contributed by atoms with Gasteiger partial charge in [-0.25, -0.2) is 0 Å². The number of nitrogens with one attached hydrogen (secondary N) is 2. The molecule has 0 aromatic heterocycles. The Morgan fingerprint density at radius 2 is 1.52 bits per heavy atom. The molecule has 6 nitrogen and oxygen atoms in total. The van der Waals surface area contributed by atoms with Crippen LogP contribution in [0.25, 0.3) is 0 Å². The van der Waals surface area contributed by atoms with Crippen molar-refractivity contribution in [3.05, 3.63) is 54.1 Å². The normalized spacial score (nSPS) is 14.0. The number of anilines is 2. The molecule has 2 aromatic rings. The summed E-state index contributed by atoms with van der Waals surface area (Å²) in [5.41, 5.74) is 1.92. The Morgan fingerprint density at radius 1 is 0.926 bits per heavy atom. The van der Waals surface area contributed by atoms with Gasteiger partial charge in [-0.05, 0) is 81.4 Å². The Bertz CT molecular complexity index is 766. The summed E-state index contributed by atoms with van der Waals surface area (Å²) in [5.74, 6) is 0.544. The van der Waals surface area contributed by atoms with Crippen LogP contribution in [0.3, 0.4) is 0 Å². The van der Waals surface area contributed by atoms with Gasteiger partial charge in [0, 0.05) is 16.9 Å². The van der Waals surface area contributed by atoms with Crippen molar-refractivity contribution in [2.45, 2.75) is 19.8 Å². The smallest absolute Gasteiger partial charge is 0.255 e. The quantitative estimate of drug-likeness (QED) is 0.787. The molecule has 2 aromatic carbocycles. The van der Waals surface area contributed by atoms with Gasteiger partial charge in [0.1, 0.15) is 5.75 Å². The average Bonchev–Trinajstić information content (AvgIpc) is 3.17. The van der Waals surface area contributed by atoms with Crippen LogP contribution in [-0.4, -0.2) is 43.0 Å². The largest absolute Gasteiger partial charge is 0.494 e. The van der Waals surface area contributed by atoms with E-state index in [1.165, 1.54) is 0 Å². The van der Waals surface area contributed by atoms with E-state index >= 15 is 0 Å². The minimum Gasteiger partial charge on any atom is -0.494 e. The van der Waals surface area contributed by atoms with Crippen molar-refractivity contribution in [3.8, 4) is 5.75 Å². The van der Waals surface area contributed by atoms with Gasteiger partial charge in [0.05, 0.1) is 13.2 Å². The Kier molecular flexibility index (Phi) is 6.44. The Morgan fingerprint density at radius 3 is 2.15 bits per heavy atom. The summed E-state index contributed by atoms with van der Waals surface area (Å²) in [6.45, 7) is 4.91. The van der Waals surface area contributed by atoms with Gasteiger partial charge in [-0.15, -0.1) is 0 Å². The first kappa shape index (κ1) is 18.9. The first-order chi connectivity index (χ1) is 13.1. The highest BCUT2D eigenvalue weighted by Gasteiger charge is 2.15. The molecule has 0 bridgehead atoms. The highest BCUT2D eigenvalue weighted by atomic mass is 16.5. The highest BCUT2D eigenvalue weighted by molar-refractivity contribution is 6.04. The number of likely N-dealkylation sites (tertiary alicyclic amines) is 1. The van der Waals surface area contributed by atoms with E-state index in [0.717, 1.165) is 31.7 Å². The predicted octanol–water partition coefficient (Wildman–Crippen LogP) is 3.37. The minimum atomic E-state index is -0.200. The van der Waals surface area contributed by atoms with Crippen molar-refractivity contribution >= 4 is 23.2 Å². The zero-order valence-electron chi connectivity index (χ0n) is 15.5. The Balaban J connectivity index is 1.52. The SMILES string of the molecule is CCOc1ccc(NC(=O)c2ccc(NC(=O)CN3CCCC3)cc2)cc1. The topological polar surface area (TPSA) is 70.7 Å². The molecule has 0 atom stereocenters. The molecule has 1 heterocycles. The second-order valence-electron chi connectivity index (χ2n) is 6.52.